The van der Waals surface area contributed by atoms with Crippen molar-refractivity contribution in [1.29, 1.82) is 0 Å². The molecule has 0 saturated carbocycles. The molecule has 2 aromatic heterocycles. The molecule has 106 valence electrons. The van der Waals surface area contributed by atoms with E-state index in [-0.39, 0.29) is 0 Å². The molecule has 0 aliphatic carbocycles. The second kappa shape index (κ2) is 5.37. The molecule has 0 bridgehead atoms. The normalized spacial score (nSPS) is 26.6. The number of pyridine rings is 1. The van der Waals surface area contributed by atoms with Gasteiger partial charge in [-0.25, -0.2) is 9.97 Å². The van der Waals surface area contributed by atoms with E-state index in [0.717, 1.165) is 30.0 Å². The second-order valence-electron chi connectivity index (χ2n) is 5.79. The summed E-state index contributed by atoms with van der Waals surface area (Å²) in [6.07, 6.45) is 7.13. The van der Waals surface area contributed by atoms with E-state index in [1.165, 1.54) is 36.6 Å². The maximum Gasteiger partial charge on any atom is 0.161 e. The lowest BCUT2D eigenvalue weighted by Crippen LogP contribution is -2.23. The number of fused-ring (bicyclic) bond motifs is 1. The summed E-state index contributed by atoms with van der Waals surface area (Å²) in [5, 5.41) is 3.59. The van der Waals surface area contributed by atoms with Gasteiger partial charge in [0, 0.05) is 12.6 Å². The van der Waals surface area contributed by atoms with Gasteiger partial charge in [0.05, 0.1) is 6.17 Å². The van der Waals surface area contributed by atoms with Crippen LogP contribution in [0.4, 0.5) is 0 Å². The molecule has 2 atom stereocenters. The Morgan fingerprint density at radius 2 is 2.40 bits per heavy atom. The quantitative estimate of drug-likeness (QED) is 0.943. The van der Waals surface area contributed by atoms with Crippen LogP contribution in [0, 0.1) is 5.92 Å². The van der Waals surface area contributed by atoms with Crippen LogP contribution in [0.3, 0.4) is 0 Å². The Balaban J connectivity index is 1.74. The van der Waals surface area contributed by atoms with Crippen molar-refractivity contribution in [1.82, 2.24) is 19.9 Å². The Hall–Kier alpha value is -1.07. The molecule has 4 heterocycles. The van der Waals surface area contributed by atoms with Gasteiger partial charge in [0.25, 0.3) is 0 Å². The van der Waals surface area contributed by atoms with Gasteiger partial charge in [-0.3, -0.25) is 9.88 Å². The van der Waals surface area contributed by atoms with Crippen molar-refractivity contribution in [2.24, 2.45) is 5.92 Å². The fraction of sp³-hybridized carbons (Fsp3) is 0.600. The maximum absolute atomic E-state index is 4.87. The van der Waals surface area contributed by atoms with Crippen LogP contribution in [0.1, 0.15) is 31.3 Å². The molecular weight excluding hydrogens is 268 g/mol. The molecule has 5 heteroatoms. The standard InChI is InChI=1S/C15H20N4S/c1-3-12-15(17-7-1)19(13-4-2-6-16-13)14(18-12)9-11-5-8-20-10-11/h1,3,7,11,13,16H,2,4-6,8-10H2. The van der Waals surface area contributed by atoms with E-state index < -0.39 is 0 Å². The molecule has 1 N–H and O–H groups in total. The van der Waals surface area contributed by atoms with Crippen LogP contribution < -0.4 is 5.32 Å². The monoisotopic (exact) mass is 288 g/mol. The second-order valence-corrected chi connectivity index (χ2v) is 6.94. The Kier molecular flexibility index (Phi) is 3.40. The Bertz CT molecular complexity index is 597. The van der Waals surface area contributed by atoms with Gasteiger partial charge in [-0.05, 0) is 55.4 Å². The summed E-state index contributed by atoms with van der Waals surface area (Å²) in [4.78, 5) is 9.45. The lowest BCUT2D eigenvalue weighted by Gasteiger charge is -2.17. The van der Waals surface area contributed by atoms with Crippen LogP contribution in [0.25, 0.3) is 11.2 Å². The van der Waals surface area contributed by atoms with E-state index in [1.54, 1.807) is 0 Å². The van der Waals surface area contributed by atoms with Crippen LogP contribution in [-0.4, -0.2) is 32.6 Å². The first-order valence-corrected chi connectivity index (χ1v) is 8.70. The highest BCUT2D eigenvalue weighted by atomic mass is 32.2. The third-order valence-corrected chi connectivity index (χ3v) is 5.59. The van der Waals surface area contributed by atoms with Crippen molar-refractivity contribution in [2.45, 2.75) is 31.8 Å². The van der Waals surface area contributed by atoms with Crippen LogP contribution in [0.2, 0.25) is 0 Å². The smallest absolute Gasteiger partial charge is 0.161 e. The number of thioether (sulfide) groups is 1. The van der Waals surface area contributed by atoms with E-state index >= 15 is 0 Å². The van der Waals surface area contributed by atoms with Crippen molar-refractivity contribution >= 4 is 22.9 Å². The summed E-state index contributed by atoms with van der Waals surface area (Å²) in [6.45, 7) is 1.11. The Morgan fingerprint density at radius 1 is 1.40 bits per heavy atom. The lowest BCUT2D eigenvalue weighted by atomic mass is 10.0. The zero-order chi connectivity index (χ0) is 13.4. The molecule has 0 aromatic carbocycles. The molecule has 2 aliphatic heterocycles. The minimum atomic E-state index is 0.388. The molecular formula is C15H20N4S. The van der Waals surface area contributed by atoms with Crippen molar-refractivity contribution in [2.75, 3.05) is 18.1 Å². The molecule has 0 amide bonds. The maximum atomic E-state index is 4.87. The summed E-state index contributed by atoms with van der Waals surface area (Å²) in [5.74, 6) is 4.61. The average molecular weight is 288 g/mol. The summed E-state index contributed by atoms with van der Waals surface area (Å²) in [6, 6.07) is 4.07. The predicted molar refractivity (Wildman–Crippen MR) is 82.9 cm³/mol. The zero-order valence-electron chi connectivity index (χ0n) is 11.6. The number of nitrogens with one attached hydrogen (secondary N) is 1. The van der Waals surface area contributed by atoms with Crippen molar-refractivity contribution < 1.29 is 0 Å². The fourth-order valence-corrected chi connectivity index (χ4v) is 4.62. The third kappa shape index (κ3) is 2.23. The van der Waals surface area contributed by atoms with Crippen LogP contribution in [0.15, 0.2) is 18.3 Å². The number of imidazole rings is 1. The fourth-order valence-electron chi connectivity index (χ4n) is 3.34. The summed E-state index contributed by atoms with van der Waals surface area (Å²) in [5.41, 5.74) is 2.09. The number of hydrogen-bond donors (Lipinski definition) is 1. The molecule has 2 fully saturated rings. The number of nitrogens with zero attached hydrogens (tertiary/aromatic N) is 3. The third-order valence-electron chi connectivity index (χ3n) is 4.36. The first-order valence-electron chi connectivity index (χ1n) is 7.55. The molecule has 0 radical (unpaired) electrons. The molecule has 20 heavy (non-hydrogen) atoms. The topological polar surface area (TPSA) is 42.7 Å². The molecule has 4 rings (SSSR count). The van der Waals surface area contributed by atoms with E-state index in [1.807, 2.05) is 12.3 Å². The first kappa shape index (κ1) is 12.7. The van der Waals surface area contributed by atoms with Gasteiger partial charge in [-0.2, -0.15) is 11.8 Å². The van der Waals surface area contributed by atoms with Gasteiger partial charge < -0.3 is 0 Å². The molecule has 2 aliphatic rings. The molecule has 2 saturated heterocycles. The summed E-state index contributed by atoms with van der Waals surface area (Å²) in [7, 11) is 0. The van der Waals surface area contributed by atoms with E-state index in [4.69, 9.17) is 4.98 Å². The minimum absolute atomic E-state index is 0.388. The highest BCUT2D eigenvalue weighted by Gasteiger charge is 2.25. The van der Waals surface area contributed by atoms with Crippen LogP contribution >= 0.6 is 11.8 Å². The molecule has 2 aromatic rings. The summed E-state index contributed by atoms with van der Waals surface area (Å²) < 4.78 is 2.37. The number of aromatic nitrogens is 3. The minimum Gasteiger partial charge on any atom is -0.297 e. The van der Waals surface area contributed by atoms with Crippen LogP contribution in [0.5, 0.6) is 0 Å². The van der Waals surface area contributed by atoms with E-state index in [2.05, 4.69) is 32.7 Å². The van der Waals surface area contributed by atoms with Gasteiger partial charge in [-0.1, -0.05) is 0 Å². The first-order chi connectivity index (χ1) is 9.92. The molecule has 0 spiro atoms. The number of hydrogen-bond acceptors (Lipinski definition) is 4. The van der Waals surface area contributed by atoms with Crippen LogP contribution in [-0.2, 0) is 6.42 Å². The highest BCUT2D eigenvalue weighted by molar-refractivity contribution is 7.99. The van der Waals surface area contributed by atoms with E-state index in [9.17, 15) is 0 Å². The van der Waals surface area contributed by atoms with Crippen molar-refractivity contribution in [3.63, 3.8) is 0 Å². The van der Waals surface area contributed by atoms with Gasteiger partial charge in [0.15, 0.2) is 5.65 Å². The van der Waals surface area contributed by atoms with Gasteiger partial charge >= 0.3 is 0 Å². The van der Waals surface area contributed by atoms with Gasteiger partial charge in [0.2, 0.25) is 0 Å². The van der Waals surface area contributed by atoms with Crippen molar-refractivity contribution in [3.05, 3.63) is 24.2 Å². The van der Waals surface area contributed by atoms with Crippen molar-refractivity contribution in [3.8, 4) is 0 Å². The van der Waals surface area contributed by atoms with Gasteiger partial charge in [-0.15, -0.1) is 0 Å². The lowest BCUT2D eigenvalue weighted by molar-refractivity contribution is 0.445. The molecule has 4 nitrogen and oxygen atoms in total. The van der Waals surface area contributed by atoms with Gasteiger partial charge in [0.1, 0.15) is 11.3 Å². The summed E-state index contributed by atoms with van der Waals surface area (Å²) >= 11 is 2.08. The average Bonchev–Trinajstić information content (AvgIpc) is 3.18. The predicted octanol–water partition coefficient (Wildman–Crippen LogP) is 2.61. The SMILES string of the molecule is c1cnc2c(c1)nc(CC1CCSC1)n2C1CCCN1. The highest BCUT2D eigenvalue weighted by Crippen LogP contribution is 2.30. The number of rotatable bonds is 3. The largest absolute Gasteiger partial charge is 0.297 e. The zero-order valence-corrected chi connectivity index (χ0v) is 12.4. The Labute approximate surface area is 123 Å². The molecule has 2 unspecified atom stereocenters. The Morgan fingerprint density at radius 3 is 3.20 bits per heavy atom. The van der Waals surface area contributed by atoms with E-state index in [0.29, 0.717) is 6.17 Å².